The van der Waals surface area contributed by atoms with Crippen molar-refractivity contribution >= 4 is 40.9 Å². The van der Waals surface area contributed by atoms with E-state index in [9.17, 15) is 10.1 Å². The Balaban J connectivity index is 1.38. The van der Waals surface area contributed by atoms with Crippen molar-refractivity contribution in [2.75, 3.05) is 5.32 Å². The minimum atomic E-state index is -0.523. The second-order valence-electron chi connectivity index (χ2n) is 8.02. The first-order valence-corrected chi connectivity index (χ1v) is 12.1. The third-order valence-electron chi connectivity index (χ3n) is 5.32. The molecule has 0 bridgehead atoms. The summed E-state index contributed by atoms with van der Waals surface area (Å²) in [6, 6.07) is 30.9. The van der Waals surface area contributed by atoms with Crippen molar-refractivity contribution in [3.63, 3.8) is 0 Å². The molecule has 7 heteroatoms. The highest BCUT2D eigenvalue weighted by molar-refractivity contribution is 6.30. The predicted molar refractivity (Wildman–Crippen MR) is 147 cm³/mol. The summed E-state index contributed by atoms with van der Waals surface area (Å²) in [5.41, 5.74) is 3.04. The number of ether oxygens (including phenoxy) is 2. The van der Waals surface area contributed by atoms with Gasteiger partial charge in [-0.15, -0.1) is 0 Å². The van der Waals surface area contributed by atoms with Crippen LogP contribution in [0.3, 0.4) is 0 Å². The summed E-state index contributed by atoms with van der Waals surface area (Å²) < 4.78 is 11.7. The minimum Gasteiger partial charge on any atom is -0.489 e. The second kappa shape index (κ2) is 12.6. The van der Waals surface area contributed by atoms with E-state index >= 15 is 0 Å². The molecule has 0 aliphatic carbocycles. The first-order chi connectivity index (χ1) is 18.0. The zero-order valence-electron chi connectivity index (χ0n) is 19.7. The highest BCUT2D eigenvalue weighted by Gasteiger charge is 2.12. The van der Waals surface area contributed by atoms with E-state index in [1.165, 1.54) is 6.08 Å². The van der Waals surface area contributed by atoms with E-state index < -0.39 is 5.91 Å². The van der Waals surface area contributed by atoms with Crippen LogP contribution in [0.1, 0.15) is 16.7 Å². The molecule has 0 saturated carbocycles. The van der Waals surface area contributed by atoms with Gasteiger partial charge in [-0.2, -0.15) is 5.26 Å². The largest absolute Gasteiger partial charge is 0.489 e. The highest BCUT2D eigenvalue weighted by atomic mass is 35.5. The smallest absolute Gasteiger partial charge is 0.266 e. The molecule has 0 atom stereocenters. The topological polar surface area (TPSA) is 71.3 Å². The highest BCUT2D eigenvalue weighted by Crippen LogP contribution is 2.24. The quantitative estimate of drug-likeness (QED) is 0.178. The van der Waals surface area contributed by atoms with Crippen LogP contribution in [0.15, 0.2) is 103 Å². The number of benzene rings is 4. The number of halogens is 2. The number of carbonyl (C=O) groups excluding carboxylic acids is 1. The maximum absolute atomic E-state index is 12.8. The fraction of sp³-hybridized carbons (Fsp3) is 0.0667. The lowest BCUT2D eigenvalue weighted by Gasteiger charge is -2.10. The van der Waals surface area contributed by atoms with Crippen molar-refractivity contribution in [1.29, 1.82) is 5.26 Å². The van der Waals surface area contributed by atoms with Crippen LogP contribution in [0.2, 0.25) is 10.0 Å². The summed E-state index contributed by atoms with van der Waals surface area (Å²) in [5.74, 6) is 0.681. The van der Waals surface area contributed by atoms with Crippen LogP contribution in [0, 0.1) is 11.3 Å². The molecule has 4 aromatic rings. The monoisotopic (exact) mass is 528 g/mol. The number of hydrogen-bond donors (Lipinski definition) is 1. The van der Waals surface area contributed by atoms with Gasteiger partial charge in [0.05, 0.1) is 0 Å². The van der Waals surface area contributed by atoms with Gasteiger partial charge < -0.3 is 14.8 Å². The van der Waals surface area contributed by atoms with Crippen molar-refractivity contribution < 1.29 is 14.3 Å². The summed E-state index contributed by atoms with van der Waals surface area (Å²) in [7, 11) is 0. The Morgan fingerprint density at radius 2 is 1.35 bits per heavy atom. The van der Waals surface area contributed by atoms with Crippen LogP contribution in [0.5, 0.6) is 11.5 Å². The molecule has 0 aliphatic rings. The van der Waals surface area contributed by atoms with Gasteiger partial charge in [0.1, 0.15) is 36.4 Å². The predicted octanol–water partition coefficient (Wildman–Crippen LogP) is 7.70. The van der Waals surface area contributed by atoms with Crippen molar-refractivity contribution in [3.05, 3.63) is 129 Å². The first kappa shape index (κ1) is 25.8. The number of amides is 1. The molecule has 0 aliphatic heterocycles. The standard InChI is InChI=1S/C30H22Cl2N2O3/c31-25-9-5-21(6-10-25)19-36-28-15-13-27(14-16-28)34-30(35)24(18-33)17-23-3-1-2-4-29(23)37-20-22-7-11-26(32)12-8-22/h1-17H,19-20H2,(H,34,35)/b24-17+. The SMILES string of the molecule is N#C/C(=C\c1ccccc1OCc1ccc(Cl)cc1)C(=O)Nc1ccc(OCc2ccc(Cl)cc2)cc1. The number of anilines is 1. The molecule has 0 radical (unpaired) electrons. The van der Waals surface area contributed by atoms with Crippen LogP contribution < -0.4 is 14.8 Å². The summed E-state index contributed by atoms with van der Waals surface area (Å²) in [5, 5.41) is 13.7. The molecule has 0 unspecified atom stereocenters. The van der Waals surface area contributed by atoms with Crippen molar-refractivity contribution in [1.82, 2.24) is 0 Å². The van der Waals surface area contributed by atoms with Gasteiger partial charge in [-0.1, -0.05) is 65.7 Å². The summed E-state index contributed by atoms with van der Waals surface area (Å²) in [6.07, 6.45) is 1.51. The number of nitriles is 1. The lowest BCUT2D eigenvalue weighted by molar-refractivity contribution is -0.112. The van der Waals surface area contributed by atoms with E-state index in [1.54, 1.807) is 48.5 Å². The summed E-state index contributed by atoms with van der Waals surface area (Å²) in [6.45, 7) is 0.715. The van der Waals surface area contributed by atoms with Crippen molar-refractivity contribution in [3.8, 4) is 17.6 Å². The van der Waals surface area contributed by atoms with Gasteiger partial charge in [-0.05, 0) is 71.8 Å². The molecule has 0 heterocycles. The van der Waals surface area contributed by atoms with Crippen LogP contribution in [-0.2, 0) is 18.0 Å². The second-order valence-corrected chi connectivity index (χ2v) is 8.89. The van der Waals surface area contributed by atoms with Gasteiger partial charge in [0, 0.05) is 21.3 Å². The number of para-hydroxylation sites is 1. The molecule has 184 valence electrons. The molecule has 1 amide bonds. The zero-order valence-corrected chi connectivity index (χ0v) is 21.2. The molecule has 5 nitrogen and oxygen atoms in total. The Morgan fingerprint density at radius 3 is 1.95 bits per heavy atom. The molecule has 37 heavy (non-hydrogen) atoms. The van der Waals surface area contributed by atoms with Crippen LogP contribution in [0.25, 0.3) is 6.08 Å². The Morgan fingerprint density at radius 1 is 0.784 bits per heavy atom. The number of rotatable bonds is 9. The average Bonchev–Trinajstić information content (AvgIpc) is 2.92. The Bertz CT molecular complexity index is 1430. The molecule has 0 fully saturated rings. The molecule has 0 saturated heterocycles. The number of carbonyl (C=O) groups is 1. The van der Waals surface area contributed by atoms with Crippen LogP contribution >= 0.6 is 23.2 Å². The Hall–Kier alpha value is -4.24. The maximum Gasteiger partial charge on any atom is 0.266 e. The normalized spacial score (nSPS) is 10.9. The molecule has 4 rings (SSSR count). The fourth-order valence-corrected chi connectivity index (χ4v) is 3.61. The van der Waals surface area contributed by atoms with E-state index in [0.29, 0.717) is 46.0 Å². The van der Waals surface area contributed by atoms with E-state index in [0.717, 1.165) is 11.1 Å². The molecule has 4 aromatic carbocycles. The molecule has 1 N–H and O–H groups in total. The van der Waals surface area contributed by atoms with Gasteiger partial charge in [-0.3, -0.25) is 4.79 Å². The zero-order chi connectivity index (χ0) is 26.0. The molecule has 0 spiro atoms. The van der Waals surface area contributed by atoms with Crippen LogP contribution in [-0.4, -0.2) is 5.91 Å². The van der Waals surface area contributed by atoms with E-state index in [1.807, 2.05) is 54.6 Å². The van der Waals surface area contributed by atoms with E-state index in [2.05, 4.69) is 5.32 Å². The third kappa shape index (κ3) is 7.62. The van der Waals surface area contributed by atoms with Gasteiger partial charge in [0.2, 0.25) is 0 Å². The summed E-state index contributed by atoms with van der Waals surface area (Å²) >= 11 is 11.8. The van der Waals surface area contributed by atoms with Gasteiger partial charge >= 0.3 is 0 Å². The number of nitrogens with zero attached hydrogens (tertiary/aromatic N) is 1. The van der Waals surface area contributed by atoms with E-state index in [4.69, 9.17) is 32.7 Å². The van der Waals surface area contributed by atoms with Gasteiger partial charge in [0.25, 0.3) is 5.91 Å². The summed E-state index contributed by atoms with van der Waals surface area (Å²) in [4.78, 5) is 12.8. The number of hydrogen-bond acceptors (Lipinski definition) is 4. The first-order valence-electron chi connectivity index (χ1n) is 11.4. The van der Waals surface area contributed by atoms with Crippen molar-refractivity contribution in [2.45, 2.75) is 13.2 Å². The lowest BCUT2D eigenvalue weighted by Crippen LogP contribution is -2.13. The Labute approximate surface area is 225 Å². The van der Waals surface area contributed by atoms with Gasteiger partial charge in [-0.25, -0.2) is 0 Å². The van der Waals surface area contributed by atoms with Crippen molar-refractivity contribution in [2.24, 2.45) is 0 Å². The average molecular weight is 529 g/mol. The van der Waals surface area contributed by atoms with E-state index in [-0.39, 0.29) is 5.57 Å². The third-order valence-corrected chi connectivity index (χ3v) is 5.83. The fourth-order valence-electron chi connectivity index (χ4n) is 3.36. The Kier molecular flexibility index (Phi) is 8.83. The molecular formula is C30H22Cl2N2O3. The molecular weight excluding hydrogens is 507 g/mol. The molecule has 0 aromatic heterocycles. The minimum absolute atomic E-state index is 0.0504. The maximum atomic E-state index is 12.8. The number of nitrogens with one attached hydrogen (secondary N) is 1. The lowest BCUT2D eigenvalue weighted by atomic mass is 10.1. The van der Waals surface area contributed by atoms with Crippen LogP contribution in [0.4, 0.5) is 5.69 Å². The van der Waals surface area contributed by atoms with Gasteiger partial charge in [0.15, 0.2) is 0 Å².